The Morgan fingerprint density at radius 1 is 1.42 bits per heavy atom. The van der Waals surface area contributed by atoms with Crippen molar-refractivity contribution in [1.29, 1.82) is 0 Å². The number of benzene rings is 1. The van der Waals surface area contributed by atoms with E-state index in [0.717, 1.165) is 19.5 Å². The van der Waals surface area contributed by atoms with Crippen LogP contribution >= 0.6 is 0 Å². The zero-order chi connectivity index (χ0) is 13.8. The number of urea groups is 1. The van der Waals surface area contributed by atoms with Crippen LogP contribution in [0.5, 0.6) is 0 Å². The Morgan fingerprint density at radius 3 is 2.84 bits per heavy atom. The van der Waals surface area contributed by atoms with Crippen LogP contribution in [-0.4, -0.2) is 36.0 Å². The lowest BCUT2D eigenvalue weighted by molar-refractivity contribution is 0.137. The van der Waals surface area contributed by atoms with Crippen molar-refractivity contribution in [1.82, 2.24) is 9.80 Å². The summed E-state index contributed by atoms with van der Waals surface area (Å²) in [4.78, 5) is 16.2. The van der Waals surface area contributed by atoms with Gasteiger partial charge in [0.1, 0.15) is 0 Å². The monoisotopic (exact) mass is 260 g/mol. The number of carbonyl (C=O) groups excluding carboxylic acids is 1. The van der Waals surface area contributed by atoms with E-state index in [4.69, 9.17) is 0 Å². The van der Waals surface area contributed by atoms with E-state index in [1.807, 2.05) is 29.0 Å². The van der Waals surface area contributed by atoms with Gasteiger partial charge in [-0.15, -0.1) is 0 Å². The second-order valence-electron chi connectivity index (χ2n) is 5.76. The van der Waals surface area contributed by atoms with Gasteiger partial charge in [0.2, 0.25) is 0 Å². The van der Waals surface area contributed by atoms with Gasteiger partial charge in [-0.1, -0.05) is 31.2 Å². The predicted molar refractivity (Wildman–Crippen MR) is 78.0 cm³/mol. The van der Waals surface area contributed by atoms with E-state index in [0.29, 0.717) is 12.5 Å². The van der Waals surface area contributed by atoms with Crippen LogP contribution in [0.3, 0.4) is 0 Å². The van der Waals surface area contributed by atoms with Crippen LogP contribution in [0.2, 0.25) is 0 Å². The van der Waals surface area contributed by atoms with Crippen molar-refractivity contribution >= 4 is 6.03 Å². The van der Waals surface area contributed by atoms with E-state index in [2.05, 4.69) is 26.0 Å². The summed E-state index contributed by atoms with van der Waals surface area (Å²) in [5.74, 6) is 0.629. The van der Waals surface area contributed by atoms with Gasteiger partial charge in [0.05, 0.1) is 0 Å². The molecule has 2 rings (SSSR count). The highest BCUT2D eigenvalue weighted by atomic mass is 16.2. The largest absolute Gasteiger partial charge is 0.324 e. The third-order valence-electron chi connectivity index (χ3n) is 3.92. The molecule has 1 unspecified atom stereocenters. The Bertz CT molecular complexity index is 444. The number of hydrogen-bond acceptors (Lipinski definition) is 1. The normalized spacial score (nSPS) is 19.3. The van der Waals surface area contributed by atoms with Crippen LogP contribution < -0.4 is 0 Å². The molecule has 1 fully saturated rings. The molecule has 0 aliphatic carbocycles. The fourth-order valence-electron chi connectivity index (χ4n) is 2.72. The second kappa shape index (κ2) is 6.09. The second-order valence-corrected chi connectivity index (χ2v) is 5.76. The molecule has 2 amide bonds. The molecule has 104 valence electrons. The zero-order valence-corrected chi connectivity index (χ0v) is 12.2. The number of nitrogens with zero attached hydrogens (tertiary/aromatic N) is 2. The highest BCUT2D eigenvalue weighted by molar-refractivity contribution is 5.74. The number of piperidine rings is 1. The average molecular weight is 260 g/mol. The first kappa shape index (κ1) is 13.9. The first-order valence-electron chi connectivity index (χ1n) is 7.12. The Morgan fingerprint density at radius 2 is 2.16 bits per heavy atom. The number of likely N-dealkylation sites (tertiary alicyclic amines) is 1. The van der Waals surface area contributed by atoms with Gasteiger partial charge in [0, 0.05) is 26.7 Å². The van der Waals surface area contributed by atoms with E-state index in [9.17, 15) is 4.79 Å². The number of amides is 2. The van der Waals surface area contributed by atoms with Crippen molar-refractivity contribution in [3.05, 3.63) is 35.4 Å². The maximum absolute atomic E-state index is 12.4. The summed E-state index contributed by atoms with van der Waals surface area (Å²) < 4.78 is 0. The maximum Gasteiger partial charge on any atom is 0.320 e. The number of carbonyl (C=O) groups is 1. The molecular weight excluding hydrogens is 236 g/mol. The summed E-state index contributed by atoms with van der Waals surface area (Å²) in [6, 6.07) is 8.42. The molecule has 0 aromatic heterocycles. The summed E-state index contributed by atoms with van der Waals surface area (Å²) in [6.45, 7) is 6.81. The van der Waals surface area contributed by atoms with Gasteiger partial charge in [-0.05, 0) is 36.8 Å². The third-order valence-corrected chi connectivity index (χ3v) is 3.92. The van der Waals surface area contributed by atoms with Crippen LogP contribution in [0.1, 0.15) is 30.9 Å². The van der Waals surface area contributed by atoms with Gasteiger partial charge >= 0.3 is 6.03 Å². The standard InChI is InChI=1S/C16H24N2O/c1-13-7-6-10-18(11-13)16(19)17(3)12-15-9-5-4-8-14(15)2/h4-5,8-9,13H,6-7,10-12H2,1-3H3. The summed E-state index contributed by atoms with van der Waals surface area (Å²) in [5, 5.41) is 0. The van der Waals surface area contributed by atoms with Gasteiger partial charge in [-0.25, -0.2) is 4.79 Å². The van der Waals surface area contributed by atoms with Crippen molar-refractivity contribution in [3.8, 4) is 0 Å². The van der Waals surface area contributed by atoms with Crippen molar-refractivity contribution in [3.63, 3.8) is 0 Å². The molecule has 1 aromatic rings. The molecule has 1 aliphatic rings. The molecule has 0 saturated carbocycles. The van der Waals surface area contributed by atoms with Gasteiger partial charge < -0.3 is 9.80 Å². The lowest BCUT2D eigenvalue weighted by Crippen LogP contribution is -2.45. The molecule has 0 radical (unpaired) electrons. The van der Waals surface area contributed by atoms with Crippen LogP contribution in [0.4, 0.5) is 4.79 Å². The van der Waals surface area contributed by atoms with E-state index in [-0.39, 0.29) is 6.03 Å². The van der Waals surface area contributed by atoms with Crippen LogP contribution in [0.25, 0.3) is 0 Å². The van der Waals surface area contributed by atoms with E-state index >= 15 is 0 Å². The van der Waals surface area contributed by atoms with Crippen molar-refractivity contribution in [2.45, 2.75) is 33.2 Å². The molecule has 0 N–H and O–H groups in total. The molecule has 1 aliphatic heterocycles. The minimum Gasteiger partial charge on any atom is -0.324 e. The smallest absolute Gasteiger partial charge is 0.320 e. The lowest BCUT2D eigenvalue weighted by atomic mass is 10.0. The molecule has 0 bridgehead atoms. The molecule has 0 spiro atoms. The topological polar surface area (TPSA) is 23.6 Å². The maximum atomic E-state index is 12.4. The Labute approximate surface area is 116 Å². The Kier molecular flexibility index (Phi) is 4.46. The zero-order valence-electron chi connectivity index (χ0n) is 12.2. The first-order valence-corrected chi connectivity index (χ1v) is 7.12. The van der Waals surface area contributed by atoms with E-state index in [1.165, 1.54) is 17.5 Å². The first-order chi connectivity index (χ1) is 9.08. The fraction of sp³-hybridized carbons (Fsp3) is 0.562. The molecule has 1 heterocycles. The Hall–Kier alpha value is -1.51. The lowest BCUT2D eigenvalue weighted by Gasteiger charge is -2.34. The molecule has 1 atom stereocenters. The van der Waals surface area contributed by atoms with E-state index < -0.39 is 0 Å². The van der Waals surface area contributed by atoms with Crippen molar-refractivity contribution in [2.24, 2.45) is 5.92 Å². The minimum absolute atomic E-state index is 0.162. The van der Waals surface area contributed by atoms with Gasteiger partial charge in [0.25, 0.3) is 0 Å². The number of aryl methyl sites for hydroxylation is 1. The summed E-state index contributed by atoms with van der Waals surface area (Å²) in [5.41, 5.74) is 2.47. The Balaban J connectivity index is 1.97. The average Bonchev–Trinajstić information content (AvgIpc) is 2.40. The van der Waals surface area contributed by atoms with Crippen LogP contribution in [-0.2, 0) is 6.54 Å². The summed E-state index contributed by atoms with van der Waals surface area (Å²) in [7, 11) is 1.90. The van der Waals surface area contributed by atoms with Gasteiger partial charge in [-0.3, -0.25) is 0 Å². The highest BCUT2D eigenvalue weighted by Crippen LogP contribution is 2.17. The molecule has 19 heavy (non-hydrogen) atoms. The van der Waals surface area contributed by atoms with Gasteiger partial charge in [-0.2, -0.15) is 0 Å². The fourth-order valence-corrected chi connectivity index (χ4v) is 2.72. The van der Waals surface area contributed by atoms with Crippen molar-refractivity contribution < 1.29 is 4.79 Å². The minimum atomic E-state index is 0.162. The summed E-state index contributed by atoms with van der Waals surface area (Å²) >= 11 is 0. The predicted octanol–water partition coefficient (Wildman–Crippen LogP) is 3.28. The third kappa shape index (κ3) is 3.49. The highest BCUT2D eigenvalue weighted by Gasteiger charge is 2.23. The molecule has 3 heteroatoms. The molecular formula is C16H24N2O. The molecule has 1 saturated heterocycles. The molecule has 3 nitrogen and oxygen atoms in total. The van der Waals surface area contributed by atoms with E-state index in [1.54, 1.807) is 0 Å². The quantitative estimate of drug-likeness (QED) is 0.800. The SMILES string of the molecule is Cc1ccccc1CN(C)C(=O)N1CCCC(C)C1. The molecule has 1 aromatic carbocycles. The van der Waals surface area contributed by atoms with Crippen LogP contribution in [0.15, 0.2) is 24.3 Å². The summed E-state index contributed by atoms with van der Waals surface area (Å²) in [6.07, 6.45) is 2.37. The van der Waals surface area contributed by atoms with Crippen molar-refractivity contribution in [2.75, 3.05) is 20.1 Å². The number of hydrogen-bond donors (Lipinski definition) is 0. The van der Waals surface area contributed by atoms with Crippen LogP contribution in [0, 0.1) is 12.8 Å². The number of rotatable bonds is 2. The van der Waals surface area contributed by atoms with Gasteiger partial charge in [0.15, 0.2) is 0 Å².